The molecule has 1 heterocycles. The van der Waals surface area contributed by atoms with E-state index in [1.54, 1.807) is 0 Å². The third kappa shape index (κ3) is 4.79. The van der Waals surface area contributed by atoms with Crippen molar-refractivity contribution in [2.75, 3.05) is 0 Å². The molecule has 0 spiro atoms. The Hall–Kier alpha value is -2.41. The number of piperidine rings is 1. The summed E-state index contributed by atoms with van der Waals surface area (Å²) in [5.41, 5.74) is -1.05. The number of carbonyl (C=O) groups excluding carboxylic acids is 1. The molecule has 0 atom stereocenters. The molecule has 0 aromatic heterocycles. The molecule has 0 saturated carbocycles. The smallest absolute Gasteiger partial charge is 0.338 e. The van der Waals surface area contributed by atoms with Crippen molar-refractivity contribution in [1.29, 1.82) is 0 Å². The summed E-state index contributed by atoms with van der Waals surface area (Å²) in [7, 11) is 0. The van der Waals surface area contributed by atoms with Gasteiger partial charge in [0.1, 0.15) is 6.10 Å². The van der Waals surface area contributed by atoms with Crippen LogP contribution < -0.4 is 5.32 Å². The van der Waals surface area contributed by atoms with Crippen molar-refractivity contribution in [1.82, 2.24) is 5.32 Å². The van der Waals surface area contributed by atoms with Crippen LogP contribution in [-0.2, 0) is 4.74 Å². The number of carboxylic acids is 2. The van der Waals surface area contributed by atoms with Crippen LogP contribution in [0.3, 0.4) is 0 Å². The lowest BCUT2D eigenvalue weighted by molar-refractivity contribution is -0.00638. The Labute approximate surface area is 146 Å². The highest BCUT2D eigenvalue weighted by Crippen LogP contribution is 2.31. The second-order valence-corrected chi connectivity index (χ2v) is 7.74. The summed E-state index contributed by atoms with van der Waals surface area (Å²) < 4.78 is 5.55. The predicted molar refractivity (Wildman–Crippen MR) is 90.1 cm³/mol. The third-order valence-electron chi connectivity index (χ3n) is 4.09. The summed E-state index contributed by atoms with van der Waals surface area (Å²) in [4.78, 5) is 34.8. The molecule has 1 saturated heterocycles. The van der Waals surface area contributed by atoms with Gasteiger partial charge in [0.25, 0.3) is 0 Å². The van der Waals surface area contributed by atoms with Crippen LogP contribution in [0.2, 0.25) is 0 Å². The largest absolute Gasteiger partial charge is 0.478 e. The molecule has 136 valence electrons. The second kappa shape index (κ2) is 6.48. The fraction of sp³-hybridized carbons (Fsp3) is 0.500. The Morgan fingerprint density at radius 1 is 0.920 bits per heavy atom. The standard InChI is InChI=1S/C18H23NO6/c1-17(2)8-13(9-18(3,4)19-17)25-16(24)12-6-10(14(20)21)5-11(7-12)15(22)23/h5-7,13,19H,8-9H2,1-4H3,(H,20,21)(H,22,23). The van der Waals surface area contributed by atoms with Gasteiger partial charge >= 0.3 is 17.9 Å². The topological polar surface area (TPSA) is 113 Å². The maximum absolute atomic E-state index is 12.5. The Morgan fingerprint density at radius 3 is 1.72 bits per heavy atom. The number of hydrogen-bond acceptors (Lipinski definition) is 5. The van der Waals surface area contributed by atoms with E-state index in [0.29, 0.717) is 12.8 Å². The lowest BCUT2D eigenvalue weighted by Crippen LogP contribution is -2.59. The zero-order valence-corrected chi connectivity index (χ0v) is 14.8. The molecule has 1 aromatic rings. The van der Waals surface area contributed by atoms with Gasteiger partial charge in [-0.2, -0.15) is 0 Å². The first-order valence-corrected chi connectivity index (χ1v) is 8.01. The van der Waals surface area contributed by atoms with E-state index >= 15 is 0 Å². The van der Waals surface area contributed by atoms with Gasteiger partial charge in [0.05, 0.1) is 16.7 Å². The summed E-state index contributed by atoms with van der Waals surface area (Å²) in [6.07, 6.45) is 0.861. The number of carboxylic acid groups (broad SMARTS) is 2. The van der Waals surface area contributed by atoms with Gasteiger partial charge < -0.3 is 20.3 Å². The molecule has 1 aromatic carbocycles. The maximum atomic E-state index is 12.5. The predicted octanol–water partition coefficient (Wildman–Crippen LogP) is 2.55. The average molecular weight is 349 g/mol. The van der Waals surface area contributed by atoms with E-state index in [2.05, 4.69) is 5.32 Å². The quantitative estimate of drug-likeness (QED) is 0.716. The Balaban J connectivity index is 2.26. The van der Waals surface area contributed by atoms with E-state index < -0.39 is 17.9 Å². The number of carbonyl (C=O) groups is 3. The number of nitrogens with one attached hydrogen (secondary N) is 1. The van der Waals surface area contributed by atoms with Crippen molar-refractivity contribution in [2.45, 2.75) is 57.7 Å². The van der Waals surface area contributed by atoms with E-state index in [-0.39, 0.29) is 33.9 Å². The third-order valence-corrected chi connectivity index (χ3v) is 4.09. The molecule has 0 aliphatic carbocycles. The Bertz CT molecular complexity index is 674. The minimum Gasteiger partial charge on any atom is -0.478 e. The fourth-order valence-electron chi connectivity index (χ4n) is 3.52. The summed E-state index contributed by atoms with van der Waals surface area (Å²) in [5.74, 6) is -3.33. The fourth-order valence-corrected chi connectivity index (χ4v) is 3.52. The molecule has 2 rings (SSSR count). The monoisotopic (exact) mass is 349 g/mol. The lowest BCUT2D eigenvalue weighted by atomic mass is 9.81. The molecule has 7 nitrogen and oxygen atoms in total. The number of aromatic carboxylic acids is 2. The van der Waals surface area contributed by atoms with Crippen molar-refractivity contribution < 1.29 is 29.3 Å². The summed E-state index contributed by atoms with van der Waals surface area (Å²) in [6, 6.07) is 3.28. The molecule has 1 aliphatic rings. The molecule has 0 amide bonds. The number of esters is 1. The van der Waals surface area contributed by atoms with Crippen molar-refractivity contribution >= 4 is 17.9 Å². The number of ether oxygens (including phenoxy) is 1. The lowest BCUT2D eigenvalue weighted by Gasteiger charge is -2.45. The van der Waals surface area contributed by atoms with Gasteiger partial charge in [-0.1, -0.05) is 0 Å². The average Bonchev–Trinajstić information content (AvgIpc) is 2.43. The summed E-state index contributed by atoms with van der Waals surface area (Å²) in [6.45, 7) is 8.06. The molecule has 25 heavy (non-hydrogen) atoms. The van der Waals surface area contributed by atoms with Crippen LogP contribution in [0.1, 0.15) is 71.6 Å². The molecule has 3 N–H and O–H groups in total. The van der Waals surface area contributed by atoms with Crippen molar-refractivity contribution in [3.63, 3.8) is 0 Å². The number of rotatable bonds is 4. The van der Waals surface area contributed by atoms with Gasteiger partial charge in [-0.25, -0.2) is 14.4 Å². The first kappa shape index (κ1) is 18.9. The van der Waals surface area contributed by atoms with Crippen LogP contribution in [0.4, 0.5) is 0 Å². The highest BCUT2D eigenvalue weighted by molar-refractivity contribution is 5.99. The maximum Gasteiger partial charge on any atom is 0.338 e. The van der Waals surface area contributed by atoms with Crippen LogP contribution in [-0.4, -0.2) is 45.3 Å². The first-order chi connectivity index (χ1) is 11.4. The zero-order chi connectivity index (χ0) is 19.0. The van der Waals surface area contributed by atoms with E-state index in [1.807, 2.05) is 27.7 Å². The van der Waals surface area contributed by atoms with E-state index in [4.69, 9.17) is 14.9 Å². The zero-order valence-electron chi connectivity index (χ0n) is 14.8. The van der Waals surface area contributed by atoms with Crippen LogP contribution >= 0.6 is 0 Å². The molecule has 0 unspecified atom stereocenters. The van der Waals surface area contributed by atoms with Crippen molar-refractivity contribution in [3.05, 3.63) is 34.9 Å². The molecular formula is C18H23NO6. The van der Waals surface area contributed by atoms with Gasteiger partial charge in [-0.3, -0.25) is 0 Å². The first-order valence-electron chi connectivity index (χ1n) is 8.01. The number of hydrogen-bond donors (Lipinski definition) is 3. The summed E-state index contributed by atoms with van der Waals surface area (Å²) in [5, 5.41) is 21.7. The summed E-state index contributed by atoms with van der Waals surface area (Å²) >= 11 is 0. The molecule has 0 bridgehead atoms. The molecule has 1 fully saturated rings. The van der Waals surface area contributed by atoms with Gasteiger partial charge in [0, 0.05) is 23.9 Å². The number of benzene rings is 1. The van der Waals surface area contributed by atoms with Crippen LogP contribution in [0, 0.1) is 0 Å². The molecular weight excluding hydrogens is 326 g/mol. The van der Waals surface area contributed by atoms with Crippen molar-refractivity contribution in [2.24, 2.45) is 0 Å². The molecule has 0 radical (unpaired) electrons. The Kier molecular flexibility index (Phi) is 4.90. The van der Waals surface area contributed by atoms with Crippen LogP contribution in [0.5, 0.6) is 0 Å². The van der Waals surface area contributed by atoms with Gasteiger partial charge in [0.2, 0.25) is 0 Å². The molecule has 1 aliphatic heterocycles. The van der Waals surface area contributed by atoms with E-state index in [1.165, 1.54) is 0 Å². The van der Waals surface area contributed by atoms with E-state index in [9.17, 15) is 14.4 Å². The minimum absolute atomic E-state index is 0.0774. The van der Waals surface area contributed by atoms with Gasteiger partial charge in [-0.05, 0) is 45.9 Å². The Morgan fingerprint density at radius 2 is 1.32 bits per heavy atom. The van der Waals surface area contributed by atoms with Crippen LogP contribution in [0.25, 0.3) is 0 Å². The van der Waals surface area contributed by atoms with Crippen molar-refractivity contribution in [3.8, 4) is 0 Å². The van der Waals surface area contributed by atoms with Gasteiger partial charge in [0.15, 0.2) is 0 Å². The highest BCUT2D eigenvalue weighted by Gasteiger charge is 2.39. The SMILES string of the molecule is CC1(C)CC(OC(=O)c2cc(C(=O)O)cc(C(=O)O)c2)CC(C)(C)N1. The second-order valence-electron chi connectivity index (χ2n) is 7.74. The molecule has 7 heteroatoms. The normalized spacial score (nSPS) is 19.2. The highest BCUT2D eigenvalue weighted by atomic mass is 16.5. The van der Waals surface area contributed by atoms with E-state index in [0.717, 1.165) is 18.2 Å². The minimum atomic E-state index is -1.30. The van der Waals surface area contributed by atoms with Crippen LogP contribution in [0.15, 0.2) is 18.2 Å². The van der Waals surface area contributed by atoms with Gasteiger partial charge in [-0.15, -0.1) is 0 Å².